The van der Waals surface area contributed by atoms with Crippen LogP contribution in [0.2, 0.25) is 0 Å². The molecule has 1 aromatic heterocycles. The van der Waals surface area contributed by atoms with Gasteiger partial charge in [0.2, 0.25) is 5.89 Å². The predicted octanol–water partition coefficient (Wildman–Crippen LogP) is 2.44. The van der Waals surface area contributed by atoms with E-state index in [4.69, 9.17) is 10.3 Å². The summed E-state index contributed by atoms with van der Waals surface area (Å²) in [5.74, 6) is 1.22. The van der Waals surface area contributed by atoms with Crippen molar-refractivity contribution in [3.63, 3.8) is 0 Å². The van der Waals surface area contributed by atoms with Crippen molar-refractivity contribution < 1.29 is 4.52 Å². The third-order valence-corrected chi connectivity index (χ3v) is 2.94. The van der Waals surface area contributed by atoms with E-state index >= 15 is 0 Å². The Balaban J connectivity index is 2.24. The molecule has 0 radical (unpaired) electrons. The number of rotatable bonds is 3. The SMILES string of the molecule is CC(c1ccc(Br)cc1)c1nc(CN)no1. The van der Waals surface area contributed by atoms with Gasteiger partial charge in [0.05, 0.1) is 12.5 Å². The first-order valence-electron chi connectivity index (χ1n) is 4.98. The second kappa shape index (κ2) is 4.76. The second-order valence-corrected chi connectivity index (χ2v) is 4.44. The fourth-order valence-corrected chi connectivity index (χ4v) is 1.68. The monoisotopic (exact) mass is 281 g/mol. The summed E-state index contributed by atoms with van der Waals surface area (Å²) < 4.78 is 6.20. The lowest BCUT2D eigenvalue weighted by atomic mass is 10.0. The van der Waals surface area contributed by atoms with Crippen LogP contribution in [-0.4, -0.2) is 10.1 Å². The van der Waals surface area contributed by atoms with E-state index in [1.807, 2.05) is 31.2 Å². The molecule has 2 N–H and O–H groups in total. The van der Waals surface area contributed by atoms with Crippen molar-refractivity contribution in [3.05, 3.63) is 46.0 Å². The minimum atomic E-state index is 0.0842. The molecule has 0 saturated carbocycles. The highest BCUT2D eigenvalue weighted by molar-refractivity contribution is 9.10. The molecule has 0 aliphatic carbocycles. The van der Waals surface area contributed by atoms with E-state index in [1.54, 1.807) is 0 Å². The Hall–Kier alpha value is -1.20. The van der Waals surface area contributed by atoms with Crippen molar-refractivity contribution in [2.24, 2.45) is 5.73 Å². The average Bonchev–Trinajstić information content (AvgIpc) is 2.77. The Kier molecular flexibility index (Phi) is 3.36. The Labute approximate surface area is 102 Å². The molecular formula is C11H12BrN3O. The van der Waals surface area contributed by atoms with Gasteiger partial charge in [0.1, 0.15) is 0 Å². The Bertz CT molecular complexity index is 466. The van der Waals surface area contributed by atoms with Crippen LogP contribution in [0, 0.1) is 0 Å². The van der Waals surface area contributed by atoms with Crippen molar-refractivity contribution in [2.75, 3.05) is 0 Å². The Morgan fingerprint density at radius 3 is 2.62 bits per heavy atom. The van der Waals surface area contributed by atoms with Crippen molar-refractivity contribution in [2.45, 2.75) is 19.4 Å². The van der Waals surface area contributed by atoms with E-state index in [-0.39, 0.29) is 5.92 Å². The first kappa shape index (κ1) is 11.3. The van der Waals surface area contributed by atoms with E-state index in [9.17, 15) is 0 Å². The van der Waals surface area contributed by atoms with Crippen LogP contribution in [0.1, 0.15) is 30.1 Å². The molecule has 4 nitrogen and oxygen atoms in total. The first-order chi connectivity index (χ1) is 7.70. The molecule has 16 heavy (non-hydrogen) atoms. The Morgan fingerprint density at radius 2 is 2.06 bits per heavy atom. The van der Waals surface area contributed by atoms with Crippen molar-refractivity contribution in [1.82, 2.24) is 10.1 Å². The number of hydrogen-bond donors (Lipinski definition) is 1. The number of aromatic nitrogens is 2. The van der Waals surface area contributed by atoms with Gasteiger partial charge in [0.15, 0.2) is 5.82 Å². The molecule has 84 valence electrons. The lowest BCUT2D eigenvalue weighted by Crippen LogP contribution is -2.00. The quantitative estimate of drug-likeness (QED) is 0.939. The molecule has 0 aliphatic heterocycles. The van der Waals surface area contributed by atoms with Crippen LogP contribution in [0.15, 0.2) is 33.3 Å². The largest absolute Gasteiger partial charge is 0.339 e. The summed E-state index contributed by atoms with van der Waals surface area (Å²) in [5, 5.41) is 3.78. The standard InChI is InChI=1S/C11H12BrN3O/c1-7(8-2-4-9(12)5-3-8)11-14-10(6-13)15-16-11/h2-5,7H,6,13H2,1H3. The highest BCUT2D eigenvalue weighted by Crippen LogP contribution is 2.23. The number of benzene rings is 1. The van der Waals surface area contributed by atoms with Crippen LogP contribution >= 0.6 is 15.9 Å². The minimum Gasteiger partial charge on any atom is -0.339 e. The molecule has 0 aliphatic rings. The summed E-state index contributed by atoms with van der Waals surface area (Å²) in [4.78, 5) is 4.21. The van der Waals surface area contributed by atoms with Crippen LogP contribution in [-0.2, 0) is 6.54 Å². The van der Waals surface area contributed by atoms with E-state index in [0.717, 1.165) is 10.0 Å². The number of nitrogens with zero attached hydrogens (tertiary/aromatic N) is 2. The molecular weight excluding hydrogens is 270 g/mol. The summed E-state index contributed by atoms with van der Waals surface area (Å²) in [5.41, 5.74) is 6.57. The van der Waals surface area contributed by atoms with Crippen molar-refractivity contribution >= 4 is 15.9 Å². The fraction of sp³-hybridized carbons (Fsp3) is 0.273. The average molecular weight is 282 g/mol. The van der Waals surface area contributed by atoms with Crippen LogP contribution in [0.3, 0.4) is 0 Å². The first-order valence-corrected chi connectivity index (χ1v) is 5.78. The van der Waals surface area contributed by atoms with Gasteiger partial charge in [0, 0.05) is 4.47 Å². The molecule has 2 aromatic rings. The third-order valence-electron chi connectivity index (χ3n) is 2.41. The molecule has 0 saturated heterocycles. The van der Waals surface area contributed by atoms with Crippen LogP contribution in [0.5, 0.6) is 0 Å². The molecule has 1 atom stereocenters. The maximum atomic E-state index is 5.43. The van der Waals surface area contributed by atoms with Gasteiger partial charge in [-0.3, -0.25) is 0 Å². The van der Waals surface area contributed by atoms with Crippen molar-refractivity contribution in [1.29, 1.82) is 0 Å². The highest BCUT2D eigenvalue weighted by Gasteiger charge is 2.15. The van der Waals surface area contributed by atoms with Gasteiger partial charge in [-0.15, -0.1) is 0 Å². The molecule has 0 bridgehead atoms. The fourth-order valence-electron chi connectivity index (χ4n) is 1.42. The lowest BCUT2D eigenvalue weighted by molar-refractivity contribution is 0.365. The molecule has 1 heterocycles. The second-order valence-electron chi connectivity index (χ2n) is 3.53. The van der Waals surface area contributed by atoms with Gasteiger partial charge in [-0.05, 0) is 24.6 Å². The van der Waals surface area contributed by atoms with E-state index in [2.05, 4.69) is 26.1 Å². The zero-order valence-corrected chi connectivity index (χ0v) is 10.4. The Morgan fingerprint density at radius 1 is 1.38 bits per heavy atom. The van der Waals surface area contributed by atoms with Crippen LogP contribution < -0.4 is 5.73 Å². The van der Waals surface area contributed by atoms with Gasteiger partial charge in [-0.2, -0.15) is 4.98 Å². The highest BCUT2D eigenvalue weighted by atomic mass is 79.9. The summed E-state index contributed by atoms with van der Waals surface area (Å²) in [6.45, 7) is 2.33. The molecule has 0 fully saturated rings. The maximum Gasteiger partial charge on any atom is 0.233 e. The molecule has 0 spiro atoms. The smallest absolute Gasteiger partial charge is 0.233 e. The molecule has 5 heteroatoms. The lowest BCUT2D eigenvalue weighted by Gasteiger charge is -2.06. The number of halogens is 1. The van der Waals surface area contributed by atoms with Gasteiger partial charge in [-0.1, -0.05) is 33.2 Å². The normalized spacial score (nSPS) is 12.7. The number of hydrogen-bond acceptors (Lipinski definition) is 4. The van der Waals surface area contributed by atoms with Gasteiger partial charge in [0.25, 0.3) is 0 Å². The summed E-state index contributed by atoms with van der Waals surface area (Å²) in [6.07, 6.45) is 0. The predicted molar refractivity (Wildman–Crippen MR) is 63.8 cm³/mol. The van der Waals surface area contributed by atoms with Crippen LogP contribution in [0.25, 0.3) is 0 Å². The number of nitrogens with two attached hydrogens (primary N) is 1. The van der Waals surface area contributed by atoms with Gasteiger partial charge < -0.3 is 10.3 Å². The molecule has 1 unspecified atom stereocenters. The van der Waals surface area contributed by atoms with Crippen molar-refractivity contribution in [3.8, 4) is 0 Å². The van der Waals surface area contributed by atoms with E-state index in [0.29, 0.717) is 18.3 Å². The van der Waals surface area contributed by atoms with Gasteiger partial charge in [-0.25, -0.2) is 0 Å². The van der Waals surface area contributed by atoms with Gasteiger partial charge >= 0.3 is 0 Å². The third kappa shape index (κ3) is 2.31. The zero-order chi connectivity index (χ0) is 11.5. The summed E-state index contributed by atoms with van der Waals surface area (Å²) in [6, 6.07) is 8.04. The zero-order valence-electron chi connectivity index (χ0n) is 8.85. The van der Waals surface area contributed by atoms with E-state index < -0.39 is 0 Å². The topological polar surface area (TPSA) is 64.9 Å². The molecule has 0 amide bonds. The summed E-state index contributed by atoms with van der Waals surface area (Å²) in [7, 11) is 0. The maximum absolute atomic E-state index is 5.43. The summed E-state index contributed by atoms with van der Waals surface area (Å²) >= 11 is 3.40. The van der Waals surface area contributed by atoms with E-state index in [1.165, 1.54) is 0 Å². The molecule has 2 rings (SSSR count). The molecule has 1 aromatic carbocycles. The minimum absolute atomic E-state index is 0.0842. The van der Waals surface area contributed by atoms with Crippen LogP contribution in [0.4, 0.5) is 0 Å².